The smallest absolute Gasteiger partial charge is 0.384 e. The summed E-state index contributed by atoms with van der Waals surface area (Å²) in [7, 11) is 0. The highest BCUT2D eigenvalue weighted by atomic mass is 19.4. The van der Waals surface area contributed by atoms with Crippen LogP contribution in [-0.4, -0.2) is 17.2 Å². The molecule has 1 aromatic heterocycles. The summed E-state index contributed by atoms with van der Waals surface area (Å²) in [5.74, 6) is 0.0119. The van der Waals surface area contributed by atoms with Gasteiger partial charge in [0, 0.05) is 17.9 Å². The monoisotopic (exact) mass is 332 g/mol. The van der Waals surface area contributed by atoms with Crippen molar-refractivity contribution in [1.29, 1.82) is 0 Å². The maximum atomic E-state index is 12.1. The Balaban J connectivity index is 0.000000414. The van der Waals surface area contributed by atoms with Gasteiger partial charge in [0.15, 0.2) is 0 Å². The Bertz CT molecular complexity index is 481. The van der Waals surface area contributed by atoms with Crippen molar-refractivity contribution >= 4 is 0 Å². The van der Waals surface area contributed by atoms with Crippen molar-refractivity contribution in [1.82, 2.24) is 10.3 Å². The number of dihydropyridines is 1. The van der Waals surface area contributed by atoms with Crippen LogP contribution >= 0.6 is 0 Å². The van der Waals surface area contributed by atoms with Crippen molar-refractivity contribution in [2.45, 2.75) is 46.8 Å². The van der Waals surface area contributed by atoms with Gasteiger partial charge in [0.2, 0.25) is 0 Å². The molecule has 1 atom stereocenters. The molecule has 0 aromatic carbocycles. The first kappa shape index (κ1) is 21.1. The summed E-state index contributed by atoms with van der Waals surface area (Å²) in [6.07, 6.45) is 0.667. The van der Waals surface area contributed by atoms with Gasteiger partial charge >= 0.3 is 6.18 Å². The van der Waals surface area contributed by atoms with E-state index in [-0.39, 0.29) is 11.9 Å². The minimum absolute atomic E-state index is 0.00565. The average Bonchev–Trinajstić information content (AvgIpc) is 2.52. The molecule has 1 aliphatic rings. The standard InChI is InChI=1S/C9H12F3N.C6H6FN.C2H6/c1-6(2)8-4-3-7(5-13-8)9(10,11)12;1-5-2-3-6(7)4-8-5;1-2/h3-6,8,13H,1-2H3;2-4H,1H3;1-2H3. The zero-order valence-electron chi connectivity index (χ0n) is 14.1. The fourth-order valence-electron chi connectivity index (χ4n) is 1.54. The average molecular weight is 332 g/mol. The summed E-state index contributed by atoms with van der Waals surface area (Å²) >= 11 is 0. The molecule has 0 saturated carbocycles. The number of alkyl halides is 3. The molecule has 6 heteroatoms. The molecule has 0 spiro atoms. The summed E-state index contributed by atoms with van der Waals surface area (Å²) < 4.78 is 48.4. The van der Waals surface area contributed by atoms with E-state index in [1.54, 1.807) is 12.1 Å². The second kappa shape index (κ2) is 10.0. The lowest BCUT2D eigenvalue weighted by molar-refractivity contribution is -0.0888. The highest BCUT2D eigenvalue weighted by Crippen LogP contribution is 2.28. The molecule has 130 valence electrons. The topological polar surface area (TPSA) is 24.9 Å². The van der Waals surface area contributed by atoms with E-state index in [4.69, 9.17) is 0 Å². The molecule has 0 fully saturated rings. The van der Waals surface area contributed by atoms with Gasteiger partial charge in [-0.15, -0.1) is 0 Å². The lowest BCUT2D eigenvalue weighted by Crippen LogP contribution is -2.31. The van der Waals surface area contributed by atoms with Crippen LogP contribution in [0.2, 0.25) is 0 Å². The summed E-state index contributed by atoms with van der Waals surface area (Å²) in [5.41, 5.74) is 0.218. The van der Waals surface area contributed by atoms with Crippen LogP contribution in [0.1, 0.15) is 33.4 Å². The molecule has 1 aliphatic heterocycles. The van der Waals surface area contributed by atoms with E-state index in [9.17, 15) is 17.6 Å². The van der Waals surface area contributed by atoms with Gasteiger partial charge < -0.3 is 5.32 Å². The second-order valence-corrected chi connectivity index (χ2v) is 5.01. The largest absolute Gasteiger partial charge is 0.417 e. The lowest BCUT2D eigenvalue weighted by Gasteiger charge is -2.22. The molecule has 0 amide bonds. The predicted molar refractivity (Wildman–Crippen MR) is 85.3 cm³/mol. The van der Waals surface area contributed by atoms with Gasteiger partial charge in [-0.25, -0.2) is 4.39 Å². The van der Waals surface area contributed by atoms with Gasteiger partial charge in [-0.05, 0) is 25.0 Å². The third-order valence-corrected chi connectivity index (χ3v) is 2.84. The van der Waals surface area contributed by atoms with Gasteiger partial charge in [-0.2, -0.15) is 13.2 Å². The Labute approximate surface area is 135 Å². The Morgan fingerprint density at radius 1 is 1.17 bits per heavy atom. The number of pyridine rings is 1. The van der Waals surface area contributed by atoms with Gasteiger partial charge in [0.05, 0.1) is 11.8 Å². The number of nitrogens with zero attached hydrogens (tertiary/aromatic N) is 1. The molecular formula is C17H24F4N2. The van der Waals surface area contributed by atoms with Crippen LogP contribution in [0.3, 0.4) is 0 Å². The molecule has 1 N–H and O–H groups in total. The van der Waals surface area contributed by atoms with Crippen LogP contribution in [-0.2, 0) is 0 Å². The quantitative estimate of drug-likeness (QED) is 0.718. The van der Waals surface area contributed by atoms with E-state index >= 15 is 0 Å². The molecule has 2 rings (SSSR count). The van der Waals surface area contributed by atoms with Crippen LogP contribution < -0.4 is 5.32 Å². The van der Waals surface area contributed by atoms with Crippen LogP contribution in [0.4, 0.5) is 17.6 Å². The predicted octanol–water partition coefficient (Wildman–Crippen LogP) is 5.17. The first-order valence-corrected chi connectivity index (χ1v) is 7.50. The van der Waals surface area contributed by atoms with Crippen molar-refractivity contribution < 1.29 is 17.6 Å². The maximum absolute atomic E-state index is 12.1. The molecule has 0 aliphatic carbocycles. The highest BCUT2D eigenvalue weighted by molar-refractivity contribution is 5.28. The zero-order valence-corrected chi connectivity index (χ0v) is 14.1. The number of nitrogens with one attached hydrogen (secondary N) is 1. The first-order valence-electron chi connectivity index (χ1n) is 7.50. The third kappa shape index (κ3) is 8.38. The minimum Gasteiger partial charge on any atom is -0.384 e. The first-order chi connectivity index (χ1) is 10.7. The van der Waals surface area contributed by atoms with Gasteiger partial charge in [-0.3, -0.25) is 4.98 Å². The fraction of sp³-hybridized carbons (Fsp3) is 0.471. The SMILES string of the molecule is CC.CC(C)C1C=CC(C(F)(F)F)=CN1.Cc1ccc(F)cn1. The molecule has 0 saturated heterocycles. The normalized spacial score (nSPS) is 16.4. The Morgan fingerprint density at radius 2 is 1.78 bits per heavy atom. The van der Waals surface area contributed by atoms with E-state index in [0.29, 0.717) is 5.92 Å². The number of aromatic nitrogens is 1. The molecule has 2 heterocycles. The van der Waals surface area contributed by atoms with Gasteiger partial charge in [0.1, 0.15) is 5.82 Å². The van der Waals surface area contributed by atoms with Crippen molar-refractivity contribution in [3.05, 3.63) is 53.8 Å². The Morgan fingerprint density at radius 3 is 2.09 bits per heavy atom. The third-order valence-electron chi connectivity index (χ3n) is 2.84. The van der Waals surface area contributed by atoms with Crippen LogP contribution in [0.25, 0.3) is 0 Å². The van der Waals surface area contributed by atoms with Crippen molar-refractivity contribution in [3.63, 3.8) is 0 Å². The number of rotatable bonds is 1. The lowest BCUT2D eigenvalue weighted by atomic mass is 10.0. The number of allylic oxidation sites excluding steroid dienone is 2. The van der Waals surface area contributed by atoms with E-state index in [1.165, 1.54) is 12.3 Å². The van der Waals surface area contributed by atoms with E-state index < -0.39 is 11.7 Å². The molecule has 0 bridgehead atoms. The molecule has 1 aromatic rings. The number of halogens is 4. The fourth-order valence-corrected chi connectivity index (χ4v) is 1.54. The highest BCUT2D eigenvalue weighted by Gasteiger charge is 2.33. The van der Waals surface area contributed by atoms with E-state index in [0.717, 1.165) is 18.0 Å². The summed E-state index contributed by atoms with van der Waals surface area (Å²) in [6.45, 7) is 9.72. The number of aryl methyl sites for hydroxylation is 1. The Kier molecular flexibility index (Phi) is 9.22. The summed E-state index contributed by atoms with van der Waals surface area (Å²) in [6, 6.07) is 3.03. The molecule has 23 heavy (non-hydrogen) atoms. The number of hydrogen-bond donors (Lipinski definition) is 1. The van der Waals surface area contributed by atoms with E-state index in [2.05, 4.69) is 10.3 Å². The molecule has 1 unspecified atom stereocenters. The molecular weight excluding hydrogens is 308 g/mol. The maximum Gasteiger partial charge on any atom is 0.417 e. The molecule has 2 nitrogen and oxygen atoms in total. The molecule has 0 radical (unpaired) electrons. The Hall–Kier alpha value is -1.85. The van der Waals surface area contributed by atoms with Crippen LogP contribution in [0.5, 0.6) is 0 Å². The van der Waals surface area contributed by atoms with Gasteiger partial charge in [-0.1, -0.05) is 39.8 Å². The van der Waals surface area contributed by atoms with E-state index in [1.807, 2.05) is 34.6 Å². The summed E-state index contributed by atoms with van der Waals surface area (Å²) in [4.78, 5) is 3.70. The summed E-state index contributed by atoms with van der Waals surface area (Å²) in [5, 5.41) is 2.71. The zero-order chi connectivity index (χ0) is 18.0. The van der Waals surface area contributed by atoms with Crippen molar-refractivity contribution in [2.24, 2.45) is 5.92 Å². The van der Waals surface area contributed by atoms with Crippen LogP contribution in [0, 0.1) is 18.7 Å². The second-order valence-electron chi connectivity index (χ2n) is 5.01. The van der Waals surface area contributed by atoms with Crippen LogP contribution in [0.15, 0.2) is 42.3 Å². The van der Waals surface area contributed by atoms with Crippen molar-refractivity contribution in [3.8, 4) is 0 Å². The number of hydrogen-bond acceptors (Lipinski definition) is 2. The minimum atomic E-state index is -4.24. The van der Waals surface area contributed by atoms with Gasteiger partial charge in [0.25, 0.3) is 0 Å². The van der Waals surface area contributed by atoms with Crippen molar-refractivity contribution in [2.75, 3.05) is 0 Å².